The van der Waals surface area contributed by atoms with E-state index >= 15 is 0 Å². The Bertz CT molecular complexity index is 284. The van der Waals surface area contributed by atoms with E-state index < -0.39 is 0 Å². The molecule has 0 radical (unpaired) electrons. The summed E-state index contributed by atoms with van der Waals surface area (Å²) in [6, 6.07) is 0. The molecule has 5 atom stereocenters. The maximum atomic E-state index is 5.96. The third kappa shape index (κ3) is 2.01. The molecule has 0 spiro atoms. The van der Waals surface area contributed by atoms with Crippen molar-refractivity contribution in [2.75, 3.05) is 0 Å². The largest absolute Gasteiger partial charge is 0.493 e. The fourth-order valence-electron chi connectivity index (χ4n) is 3.78. The van der Waals surface area contributed by atoms with Crippen molar-refractivity contribution < 1.29 is 4.74 Å². The van der Waals surface area contributed by atoms with Gasteiger partial charge in [-0.05, 0) is 57.3 Å². The van der Waals surface area contributed by atoms with Gasteiger partial charge in [-0.25, -0.2) is 0 Å². The first-order valence-electron chi connectivity index (χ1n) is 6.67. The summed E-state index contributed by atoms with van der Waals surface area (Å²) in [5.74, 6) is 5.17. The minimum Gasteiger partial charge on any atom is -0.493 e. The quantitative estimate of drug-likeness (QED) is 0.635. The third-order valence-corrected chi connectivity index (χ3v) is 4.75. The molecule has 2 aliphatic carbocycles. The van der Waals surface area contributed by atoms with Crippen LogP contribution in [-0.4, -0.2) is 5.60 Å². The van der Waals surface area contributed by atoms with Crippen molar-refractivity contribution in [2.24, 2.45) is 29.6 Å². The van der Waals surface area contributed by atoms with Crippen LogP contribution in [-0.2, 0) is 4.74 Å². The Morgan fingerprint density at radius 1 is 1.12 bits per heavy atom. The van der Waals surface area contributed by atoms with E-state index in [2.05, 4.69) is 41.2 Å². The molecule has 0 amide bonds. The highest BCUT2D eigenvalue weighted by Crippen LogP contribution is 2.57. The second kappa shape index (κ2) is 3.78. The van der Waals surface area contributed by atoms with Gasteiger partial charge in [-0.2, -0.15) is 0 Å². The van der Waals surface area contributed by atoms with Crippen molar-refractivity contribution in [3.05, 3.63) is 12.3 Å². The van der Waals surface area contributed by atoms with E-state index in [0.29, 0.717) is 5.92 Å². The summed E-state index contributed by atoms with van der Waals surface area (Å²) in [5, 5.41) is 0. The van der Waals surface area contributed by atoms with Gasteiger partial charge in [0.05, 0.1) is 5.76 Å². The first-order chi connectivity index (χ1) is 7.29. The molecule has 2 aliphatic rings. The molecular weight excluding hydrogens is 196 g/mol. The van der Waals surface area contributed by atoms with Crippen LogP contribution in [0.4, 0.5) is 0 Å². The zero-order chi connectivity index (χ0) is 12.1. The van der Waals surface area contributed by atoms with E-state index in [9.17, 15) is 0 Å². The summed E-state index contributed by atoms with van der Waals surface area (Å²) >= 11 is 0. The summed E-state index contributed by atoms with van der Waals surface area (Å²) in [7, 11) is 0. The van der Waals surface area contributed by atoms with Crippen LogP contribution in [0.15, 0.2) is 12.3 Å². The molecule has 0 heterocycles. The van der Waals surface area contributed by atoms with E-state index in [-0.39, 0.29) is 5.60 Å². The Labute approximate surface area is 100 Å². The minimum atomic E-state index is -0.0895. The molecule has 2 bridgehead atoms. The number of hydrogen-bond acceptors (Lipinski definition) is 1. The summed E-state index contributed by atoms with van der Waals surface area (Å²) in [6.07, 6.45) is 2.71. The van der Waals surface area contributed by atoms with E-state index in [1.54, 1.807) is 0 Å². The smallest absolute Gasteiger partial charge is 0.100 e. The van der Waals surface area contributed by atoms with Crippen LogP contribution >= 0.6 is 0 Å². The van der Waals surface area contributed by atoms with Gasteiger partial charge in [-0.15, -0.1) is 0 Å². The van der Waals surface area contributed by atoms with E-state index in [1.165, 1.54) is 12.8 Å². The normalized spacial score (nSPS) is 42.4. The second-order valence-corrected chi connectivity index (χ2v) is 6.90. The Hall–Kier alpha value is -0.460. The zero-order valence-electron chi connectivity index (χ0n) is 11.4. The molecular formula is C15H26O. The maximum Gasteiger partial charge on any atom is 0.100 e. The van der Waals surface area contributed by atoms with Crippen molar-refractivity contribution in [3.8, 4) is 0 Å². The third-order valence-electron chi connectivity index (χ3n) is 4.75. The minimum absolute atomic E-state index is 0.0895. The van der Waals surface area contributed by atoms with Gasteiger partial charge in [0, 0.05) is 5.92 Å². The SMILES string of the molecule is C=C(OC(C)(C)C)C1CC2CC1C(C)C2C. The highest BCUT2D eigenvalue weighted by Gasteiger charge is 2.50. The first-order valence-corrected chi connectivity index (χ1v) is 6.67. The molecule has 1 nitrogen and oxygen atoms in total. The number of hydrogen-bond donors (Lipinski definition) is 0. The van der Waals surface area contributed by atoms with Crippen LogP contribution in [0, 0.1) is 29.6 Å². The molecule has 0 aromatic heterocycles. The predicted molar refractivity (Wildman–Crippen MR) is 68.0 cm³/mol. The van der Waals surface area contributed by atoms with Crippen LogP contribution in [0.2, 0.25) is 0 Å². The lowest BCUT2D eigenvalue weighted by atomic mass is 9.75. The molecule has 0 N–H and O–H groups in total. The van der Waals surface area contributed by atoms with Gasteiger partial charge in [-0.1, -0.05) is 20.4 Å². The lowest BCUT2D eigenvalue weighted by molar-refractivity contribution is 0.0191. The Balaban J connectivity index is 2.01. The van der Waals surface area contributed by atoms with Crippen molar-refractivity contribution in [3.63, 3.8) is 0 Å². The van der Waals surface area contributed by atoms with Crippen molar-refractivity contribution in [1.82, 2.24) is 0 Å². The maximum absolute atomic E-state index is 5.96. The fourth-order valence-corrected chi connectivity index (χ4v) is 3.78. The van der Waals surface area contributed by atoms with E-state index in [0.717, 1.165) is 29.4 Å². The number of ether oxygens (including phenoxy) is 1. The van der Waals surface area contributed by atoms with Crippen LogP contribution in [0.25, 0.3) is 0 Å². The van der Waals surface area contributed by atoms with Crippen LogP contribution in [0.5, 0.6) is 0 Å². The molecule has 2 saturated carbocycles. The monoisotopic (exact) mass is 222 g/mol. The van der Waals surface area contributed by atoms with Crippen molar-refractivity contribution in [1.29, 1.82) is 0 Å². The van der Waals surface area contributed by atoms with Crippen molar-refractivity contribution >= 4 is 0 Å². The van der Waals surface area contributed by atoms with E-state index in [4.69, 9.17) is 4.74 Å². The summed E-state index contributed by atoms with van der Waals surface area (Å²) in [5.41, 5.74) is -0.0895. The van der Waals surface area contributed by atoms with Crippen molar-refractivity contribution in [2.45, 2.75) is 53.1 Å². The second-order valence-electron chi connectivity index (χ2n) is 6.90. The zero-order valence-corrected chi connectivity index (χ0v) is 11.4. The molecule has 2 fully saturated rings. The number of allylic oxidation sites excluding steroid dienone is 1. The first kappa shape index (κ1) is 12.0. The average molecular weight is 222 g/mol. The van der Waals surface area contributed by atoms with Gasteiger partial charge in [0.2, 0.25) is 0 Å². The molecule has 0 aliphatic heterocycles. The Morgan fingerprint density at radius 2 is 1.75 bits per heavy atom. The predicted octanol–water partition coefficient (Wildman–Crippen LogP) is 4.24. The van der Waals surface area contributed by atoms with Gasteiger partial charge in [0.1, 0.15) is 5.60 Å². The van der Waals surface area contributed by atoms with Crippen LogP contribution in [0.3, 0.4) is 0 Å². The van der Waals surface area contributed by atoms with Gasteiger partial charge in [0.25, 0.3) is 0 Å². The van der Waals surface area contributed by atoms with Crippen LogP contribution < -0.4 is 0 Å². The highest BCUT2D eigenvalue weighted by molar-refractivity contribution is 5.08. The Kier molecular flexibility index (Phi) is 2.84. The molecule has 16 heavy (non-hydrogen) atoms. The summed E-state index contributed by atoms with van der Waals surface area (Å²) in [6.45, 7) is 15.3. The van der Waals surface area contributed by atoms with Gasteiger partial charge in [0.15, 0.2) is 0 Å². The molecule has 5 unspecified atom stereocenters. The lowest BCUT2D eigenvalue weighted by Crippen LogP contribution is -2.29. The molecule has 0 aromatic carbocycles. The standard InChI is InChI=1S/C15H26O/c1-9-10(2)13-7-12(9)8-14(13)11(3)16-15(4,5)6/h9-10,12-14H,3,7-8H2,1-2,4-6H3. The highest BCUT2D eigenvalue weighted by atomic mass is 16.5. The van der Waals surface area contributed by atoms with Gasteiger partial charge < -0.3 is 4.74 Å². The molecule has 2 rings (SSSR count). The summed E-state index contributed by atoms with van der Waals surface area (Å²) in [4.78, 5) is 0. The van der Waals surface area contributed by atoms with Gasteiger partial charge >= 0.3 is 0 Å². The number of fused-ring (bicyclic) bond motifs is 2. The molecule has 1 heteroatoms. The number of rotatable bonds is 2. The molecule has 0 aromatic rings. The molecule has 0 saturated heterocycles. The Morgan fingerprint density at radius 3 is 2.19 bits per heavy atom. The summed E-state index contributed by atoms with van der Waals surface area (Å²) < 4.78 is 5.96. The van der Waals surface area contributed by atoms with E-state index in [1.807, 2.05) is 0 Å². The lowest BCUT2D eigenvalue weighted by Gasteiger charge is -2.35. The van der Waals surface area contributed by atoms with Gasteiger partial charge in [-0.3, -0.25) is 0 Å². The fraction of sp³-hybridized carbons (Fsp3) is 0.867. The topological polar surface area (TPSA) is 9.23 Å². The molecule has 92 valence electrons. The average Bonchev–Trinajstić information content (AvgIpc) is 2.65. The van der Waals surface area contributed by atoms with Crippen LogP contribution in [0.1, 0.15) is 47.5 Å².